The van der Waals surface area contributed by atoms with Crippen LogP contribution in [-0.2, 0) is 0 Å². The van der Waals surface area contributed by atoms with Crippen LogP contribution in [0.1, 0.15) is 16.7 Å². The molecule has 0 saturated heterocycles. The van der Waals surface area contributed by atoms with Crippen molar-refractivity contribution >= 4 is 22.9 Å². The average Bonchev–Trinajstić information content (AvgIpc) is 2.84. The van der Waals surface area contributed by atoms with Gasteiger partial charge in [-0.1, -0.05) is 78.6 Å². The van der Waals surface area contributed by atoms with Crippen molar-refractivity contribution in [2.24, 2.45) is 4.99 Å². The first-order chi connectivity index (χ1) is 14.9. The Bertz CT molecular complexity index is 1250. The number of amidine groups is 1. The number of aliphatic imine (C=N–C) groups is 1. The highest BCUT2D eigenvalue weighted by Gasteiger charge is 2.21. The van der Waals surface area contributed by atoms with Gasteiger partial charge in [0.25, 0.3) is 0 Å². The molecule has 0 fully saturated rings. The highest BCUT2D eigenvalue weighted by Crippen LogP contribution is 2.36. The zero-order chi connectivity index (χ0) is 20.2. The Balaban J connectivity index is 1.59. The van der Waals surface area contributed by atoms with Crippen LogP contribution in [-0.4, -0.2) is 5.84 Å². The molecule has 0 radical (unpaired) electrons. The van der Waals surface area contributed by atoms with Crippen LogP contribution in [0.15, 0.2) is 114 Å². The predicted octanol–water partition coefficient (Wildman–Crippen LogP) is 5.82. The molecule has 0 saturated carbocycles. The number of nitrogens with one attached hydrogen (secondary N) is 1. The van der Waals surface area contributed by atoms with Crippen LogP contribution in [0.25, 0.3) is 0 Å². The Labute approximate surface area is 176 Å². The molecule has 142 valence electrons. The molecule has 1 N–H and O–H groups in total. The third kappa shape index (κ3) is 3.67. The van der Waals surface area contributed by atoms with E-state index in [9.17, 15) is 0 Å². The molecule has 0 spiro atoms. The monoisotopic (exact) mass is 385 g/mol. The minimum absolute atomic E-state index is 0.815. The summed E-state index contributed by atoms with van der Waals surface area (Å²) in [6.07, 6.45) is 0. The fraction of sp³-hybridized carbons (Fsp3) is 0. The summed E-state index contributed by atoms with van der Waals surface area (Å²) in [5.74, 6) is 7.32. The van der Waals surface area contributed by atoms with Gasteiger partial charge in [-0.05, 0) is 42.5 Å². The molecular weight excluding hydrogens is 366 g/mol. The van der Waals surface area contributed by atoms with Crippen molar-refractivity contribution in [3.63, 3.8) is 0 Å². The molecule has 5 rings (SSSR count). The number of fused-ring (bicyclic) bond motifs is 1. The largest absolute Gasteiger partial charge is 0.276 e. The van der Waals surface area contributed by atoms with Gasteiger partial charge in [-0.3, -0.25) is 10.4 Å². The van der Waals surface area contributed by atoms with Crippen LogP contribution in [0.5, 0.6) is 0 Å². The van der Waals surface area contributed by atoms with Crippen LogP contribution in [0.4, 0.5) is 17.1 Å². The molecule has 1 aliphatic heterocycles. The summed E-state index contributed by atoms with van der Waals surface area (Å²) in [6.45, 7) is 0. The third-order valence-electron chi connectivity index (χ3n) is 4.85. The fourth-order valence-corrected chi connectivity index (χ4v) is 3.36. The lowest BCUT2D eigenvalue weighted by atomic mass is 10.1. The summed E-state index contributed by atoms with van der Waals surface area (Å²) >= 11 is 0. The molecule has 0 amide bonds. The zero-order valence-electron chi connectivity index (χ0n) is 16.3. The normalized spacial score (nSPS) is 12.1. The summed E-state index contributed by atoms with van der Waals surface area (Å²) in [5, 5.41) is 2.07. The second-order valence-corrected chi connectivity index (χ2v) is 6.93. The van der Waals surface area contributed by atoms with Crippen molar-refractivity contribution < 1.29 is 0 Å². The van der Waals surface area contributed by atoms with Gasteiger partial charge in [0.2, 0.25) is 0 Å². The molecule has 1 heterocycles. The van der Waals surface area contributed by atoms with E-state index in [1.807, 2.05) is 78.9 Å². The Morgan fingerprint density at radius 3 is 2.00 bits per heavy atom. The number of nitrogens with zero attached hydrogens (tertiary/aromatic N) is 2. The molecule has 0 bridgehead atoms. The molecule has 0 unspecified atom stereocenters. The van der Waals surface area contributed by atoms with Gasteiger partial charge in [0.1, 0.15) is 0 Å². The molecule has 0 aliphatic carbocycles. The molecule has 4 aromatic rings. The lowest BCUT2D eigenvalue weighted by molar-refractivity contribution is 0.914. The van der Waals surface area contributed by atoms with Gasteiger partial charge in [-0.2, -0.15) is 0 Å². The highest BCUT2D eigenvalue weighted by atomic mass is 15.5. The van der Waals surface area contributed by atoms with Crippen LogP contribution >= 0.6 is 0 Å². The average molecular weight is 385 g/mol. The van der Waals surface area contributed by atoms with Crippen LogP contribution < -0.4 is 10.4 Å². The molecule has 1 aliphatic rings. The third-order valence-corrected chi connectivity index (χ3v) is 4.85. The van der Waals surface area contributed by atoms with E-state index >= 15 is 0 Å². The summed E-state index contributed by atoms with van der Waals surface area (Å²) in [4.78, 5) is 4.87. The van der Waals surface area contributed by atoms with Crippen molar-refractivity contribution in [2.45, 2.75) is 0 Å². The van der Waals surface area contributed by atoms with Gasteiger partial charge < -0.3 is 0 Å². The second-order valence-electron chi connectivity index (χ2n) is 6.93. The van der Waals surface area contributed by atoms with Gasteiger partial charge in [0.05, 0.1) is 17.1 Å². The maximum absolute atomic E-state index is 4.87. The van der Waals surface area contributed by atoms with Gasteiger partial charge >= 0.3 is 0 Å². The Hall–Kier alpha value is -4.29. The lowest BCUT2D eigenvalue weighted by Gasteiger charge is -2.32. The number of rotatable bonds is 2. The first kappa shape index (κ1) is 17.8. The summed E-state index contributed by atoms with van der Waals surface area (Å²) in [5.41, 5.74) is 9.37. The van der Waals surface area contributed by atoms with E-state index in [0.29, 0.717) is 0 Å². The zero-order valence-corrected chi connectivity index (χ0v) is 16.3. The van der Waals surface area contributed by atoms with Crippen molar-refractivity contribution in [1.82, 2.24) is 5.43 Å². The maximum Gasteiger partial charge on any atom is 0.152 e. The number of anilines is 2. The molecular formula is C27H19N3. The SMILES string of the molecule is C(#Cc1ccc2c(c1)N(c1ccccc1)NC(c1ccccc1)=N2)c1ccccc1. The first-order valence-corrected chi connectivity index (χ1v) is 9.84. The fourth-order valence-electron chi connectivity index (χ4n) is 3.36. The number of para-hydroxylation sites is 1. The van der Waals surface area contributed by atoms with Gasteiger partial charge in [0, 0.05) is 16.7 Å². The molecule has 4 aromatic carbocycles. The van der Waals surface area contributed by atoms with E-state index in [1.165, 1.54) is 0 Å². The Morgan fingerprint density at radius 1 is 0.633 bits per heavy atom. The van der Waals surface area contributed by atoms with E-state index < -0.39 is 0 Å². The summed E-state index contributed by atoms with van der Waals surface area (Å²) in [7, 11) is 0. The van der Waals surface area contributed by atoms with Crippen molar-refractivity contribution in [1.29, 1.82) is 0 Å². The van der Waals surface area contributed by atoms with Crippen LogP contribution in [0.2, 0.25) is 0 Å². The number of hydrogen-bond donors (Lipinski definition) is 1. The maximum atomic E-state index is 4.87. The number of hydrogen-bond acceptors (Lipinski definition) is 3. The molecule has 3 heteroatoms. The lowest BCUT2D eigenvalue weighted by Crippen LogP contribution is -2.41. The van der Waals surface area contributed by atoms with Crippen LogP contribution in [0, 0.1) is 11.8 Å². The van der Waals surface area contributed by atoms with Gasteiger partial charge in [-0.15, -0.1) is 0 Å². The highest BCUT2D eigenvalue weighted by molar-refractivity contribution is 6.05. The molecule has 0 aromatic heterocycles. The number of benzene rings is 4. The second kappa shape index (κ2) is 7.98. The molecule has 0 atom stereocenters. The van der Waals surface area contributed by atoms with Gasteiger partial charge in [-0.25, -0.2) is 4.99 Å². The Kier molecular flexibility index (Phi) is 4.73. The minimum Gasteiger partial charge on any atom is -0.276 e. The predicted molar refractivity (Wildman–Crippen MR) is 123 cm³/mol. The van der Waals surface area contributed by atoms with E-state index in [2.05, 4.69) is 52.6 Å². The van der Waals surface area contributed by atoms with E-state index in [0.717, 1.165) is 39.6 Å². The quantitative estimate of drug-likeness (QED) is 0.440. The standard InChI is InChI=1S/C27H19N3/c1-4-10-21(11-5-1)16-17-22-18-19-25-26(20-22)30(24-14-8-3-9-15-24)29-27(28-25)23-12-6-2-7-13-23/h1-15,18-20H,(H,28,29). The minimum atomic E-state index is 0.815. The van der Waals surface area contributed by atoms with Crippen molar-refractivity contribution in [2.75, 3.05) is 5.01 Å². The van der Waals surface area contributed by atoms with Crippen LogP contribution in [0.3, 0.4) is 0 Å². The van der Waals surface area contributed by atoms with Crippen molar-refractivity contribution in [3.8, 4) is 11.8 Å². The number of hydrazine groups is 1. The van der Waals surface area contributed by atoms with E-state index in [1.54, 1.807) is 0 Å². The Morgan fingerprint density at radius 2 is 1.27 bits per heavy atom. The smallest absolute Gasteiger partial charge is 0.152 e. The summed E-state index contributed by atoms with van der Waals surface area (Å²) in [6, 6.07) is 36.5. The van der Waals surface area contributed by atoms with Crippen molar-refractivity contribution in [3.05, 3.63) is 126 Å². The topological polar surface area (TPSA) is 27.6 Å². The van der Waals surface area contributed by atoms with Gasteiger partial charge in [0.15, 0.2) is 5.84 Å². The molecule has 3 nitrogen and oxygen atoms in total. The van der Waals surface area contributed by atoms with E-state index in [-0.39, 0.29) is 0 Å². The van der Waals surface area contributed by atoms with E-state index in [4.69, 9.17) is 4.99 Å². The summed E-state index contributed by atoms with van der Waals surface area (Å²) < 4.78 is 0. The first-order valence-electron chi connectivity index (χ1n) is 9.84. The molecule has 30 heavy (non-hydrogen) atoms.